The Morgan fingerprint density at radius 2 is 2.09 bits per heavy atom. The Labute approximate surface area is 135 Å². The molecule has 2 aliphatic rings. The number of nitrogens with zero attached hydrogens (tertiary/aromatic N) is 5. The molecule has 1 fully saturated rings. The number of fused-ring (bicyclic) bond motifs is 1. The number of nitrogens with two attached hydrogens (primary N) is 1. The summed E-state index contributed by atoms with van der Waals surface area (Å²) >= 11 is 0. The molecule has 0 aromatic carbocycles. The lowest BCUT2D eigenvalue weighted by Gasteiger charge is -2.31. The normalized spacial score (nSPS) is 23.7. The lowest BCUT2D eigenvalue weighted by atomic mass is 9.79. The maximum absolute atomic E-state index is 5.87. The van der Waals surface area contributed by atoms with Gasteiger partial charge in [-0.25, -0.2) is 9.97 Å². The van der Waals surface area contributed by atoms with Gasteiger partial charge >= 0.3 is 0 Å². The van der Waals surface area contributed by atoms with Crippen molar-refractivity contribution in [2.75, 3.05) is 5.32 Å². The average molecular weight is 313 g/mol. The second kappa shape index (κ2) is 6.23. The molecule has 0 saturated heterocycles. The molecule has 1 aliphatic carbocycles. The molecular formula is C16H23N7. The molecule has 0 spiro atoms. The van der Waals surface area contributed by atoms with Crippen LogP contribution in [-0.2, 0) is 19.5 Å². The fourth-order valence-electron chi connectivity index (χ4n) is 3.44. The Balaban J connectivity index is 1.43. The van der Waals surface area contributed by atoms with E-state index in [9.17, 15) is 0 Å². The molecule has 7 nitrogen and oxygen atoms in total. The van der Waals surface area contributed by atoms with Gasteiger partial charge in [0.05, 0.1) is 6.54 Å². The van der Waals surface area contributed by atoms with E-state index in [1.165, 1.54) is 19.3 Å². The summed E-state index contributed by atoms with van der Waals surface area (Å²) in [6.45, 7) is 1.67. The Morgan fingerprint density at radius 1 is 1.17 bits per heavy atom. The number of hydrogen-bond donors (Lipinski definition) is 2. The van der Waals surface area contributed by atoms with Gasteiger partial charge in [-0.2, -0.15) is 0 Å². The molecular weight excluding hydrogens is 290 g/mol. The lowest BCUT2D eigenvalue weighted by molar-refractivity contribution is 0.345. The third-order valence-corrected chi connectivity index (χ3v) is 4.89. The van der Waals surface area contributed by atoms with Crippen molar-refractivity contribution in [3.63, 3.8) is 0 Å². The molecule has 1 saturated carbocycles. The van der Waals surface area contributed by atoms with Gasteiger partial charge in [-0.15, -0.1) is 10.2 Å². The fraction of sp³-hybridized carbons (Fsp3) is 0.625. The summed E-state index contributed by atoms with van der Waals surface area (Å²) in [4.78, 5) is 8.70. The first-order valence-corrected chi connectivity index (χ1v) is 8.52. The quantitative estimate of drug-likeness (QED) is 0.890. The fourth-order valence-corrected chi connectivity index (χ4v) is 3.44. The van der Waals surface area contributed by atoms with Crippen molar-refractivity contribution >= 4 is 5.82 Å². The van der Waals surface area contributed by atoms with Gasteiger partial charge in [-0.3, -0.25) is 0 Å². The monoisotopic (exact) mass is 313 g/mol. The van der Waals surface area contributed by atoms with Gasteiger partial charge in [0.2, 0.25) is 0 Å². The van der Waals surface area contributed by atoms with Crippen molar-refractivity contribution in [1.29, 1.82) is 0 Å². The standard InChI is InChI=1S/C16H23N7/c17-12-6-11(7-12)13-8-14(20-10-19-13)18-9-16-22-21-15-4-2-1-3-5-23(15)16/h8,10-12H,1-7,9,17H2,(H,18,19,20). The highest BCUT2D eigenvalue weighted by molar-refractivity contribution is 5.36. The van der Waals surface area contributed by atoms with Crippen LogP contribution >= 0.6 is 0 Å². The zero-order valence-corrected chi connectivity index (χ0v) is 13.3. The minimum Gasteiger partial charge on any atom is -0.363 e. The minimum atomic E-state index is 0.331. The second-order valence-corrected chi connectivity index (χ2v) is 6.60. The van der Waals surface area contributed by atoms with Crippen molar-refractivity contribution in [2.24, 2.45) is 5.73 Å². The van der Waals surface area contributed by atoms with E-state index in [2.05, 4.69) is 30.0 Å². The number of aryl methyl sites for hydroxylation is 1. The summed E-state index contributed by atoms with van der Waals surface area (Å²) in [5, 5.41) is 12.0. The number of rotatable bonds is 4. The van der Waals surface area contributed by atoms with Crippen LogP contribution < -0.4 is 11.1 Å². The van der Waals surface area contributed by atoms with Crippen LogP contribution in [0.25, 0.3) is 0 Å². The van der Waals surface area contributed by atoms with Crippen molar-refractivity contribution in [2.45, 2.75) is 63.6 Å². The molecule has 122 valence electrons. The molecule has 7 heteroatoms. The smallest absolute Gasteiger partial charge is 0.152 e. The predicted molar refractivity (Wildman–Crippen MR) is 86.9 cm³/mol. The number of hydrogen-bond acceptors (Lipinski definition) is 6. The predicted octanol–water partition coefficient (Wildman–Crippen LogP) is 1.61. The van der Waals surface area contributed by atoms with Crippen LogP contribution in [0.4, 0.5) is 5.82 Å². The molecule has 0 bridgehead atoms. The van der Waals surface area contributed by atoms with E-state index in [-0.39, 0.29) is 0 Å². The maximum atomic E-state index is 5.87. The van der Waals surface area contributed by atoms with Gasteiger partial charge in [-0.05, 0) is 25.7 Å². The second-order valence-electron chi connectivity index (χ2n) is 6.60. The Kier molecular flexibility index (Phi) is 3.95. The molecule has 0 atom stereocenters. The van der Waals surface area contributed by atoms with Gasteiger partial charge in [0.15, 0.2) is 5.82 Å². The lowest BCUT2D eigenvalue weighted by Crippen LogP contribution is -2.35. The SMILES string of the molecule is NC1CC(c2cc(NCc3nnc4n3CCCCC4)ncn2)C1. The van der Waals surface area contributed by atoms with E-state index in [1.54, 1.807) is 6.33 Å². The van der Waals surface area contributed by atoms with Gasteiger partial charge in [0.1, 0.15) is 18.0 Å². The van der Waals surface area contributed by atoms with Gasteiger partial charge in [0.25, 0.3) is 0 Å². The van der Waals surface area contributed by atoms with Gasteiger partial charge < -0.3 is 15.6 Å². The summed E-state index contributed by atoms with van der Waals surface area (Å²) in [6.07, 6.45) is 8.40. The molecule has 2 aromatic rings. The summed E-state index contributed by atoms with van der Waals surface area (Å²) in [5.74, 6) is 3.44. The van der Waals surface area contributed by atoms with Crippen LogP contribution in [0.15, 0.2) is 12.4 Å². The molecule has 2 aromatic heterocycles. The zero-order valence-electron chi connectivity index (χ0n) is 13.3. The van der Waals surface area contributed by atoms with Crippen molar-refractivity contribution in [1.82, 2.24) is 24.7 Å². The van der Waals surface area contributed by atoms with E-state index >= 15 is 0 Å². The molecule has 3 heterocycles. The van der Waals surface area contributed by atoms with Crippen LogP contribution in [0.2, 0.25) is 0 Å². The van der Waals surface area contributed by atoms with E-state index in [4.69, 9.17) is 5.73 Å². The first-order chi connectivity index (χ1) is 11.3. The highest BCUT2D eigenvalue weighted by Crippen LogP contribution is 2.34. The van der Waals surface area contributed by atoms with Crippen molar-refractivity contribution < 1.29 is 0 Å². The van der Waals surface area contributed by atoms with Crippen LogP contribution in [-0.4, -0.2) is 30.8 Å². The van der Waals surface area contributed by atoms with E-state index < -0.39 is 0 Å². The van der Waals surface area contributed by atoms with Gasteiger partial charge in [-0.1, -0.05) is 6.42 Å². The van der Waals surface area contributed by atoms with Crippen molar-refractivity contribution in [3.05, 3.63) is 29.7 Å². The number of anilines is 1. The third-order valence-electron chi connectivity index (χ3n) is 4.89. The summed E-state index contributed by atoms with van der Waals surface area (Å²) in [7, 11) is 0. The van der Waals surface area contributed by atoms with Crippen LogP contribution in [0.3, 0.4) is 0 Å². The summed E-state index contributed by atoms with van der Waals surface area (Å²) in [5.41, 5.74) is 6.95. The third kappa shape index (κ3) is 3.06. The average Bonchev–Trinajstić information content (AvgIpc) is 2.77. The van der Waals surface area contributed by atoms with Crippen LogP contribution in [0.5, 0.6) is 0 Å². The number of nitrogens with one attached hydrogen (secondary N) is 1. The highest BCUT2D eigenvalue weighted by atomic mass is 15.3. The maximum Gasteiger partial charge on any atom is 0.152 e. The number of aromatic nitrogens is 5. The molecule has 0 unspecified atom stereocenters. The Hall–Kier alpha value is -2.02. The van der Waals surface area contributed by atoms with Crippen LogP contribution in [0, 0.1) is 0 Å². The van der Waals surface area contributed by atoms with Crippen LogP contribution in [0.1, 0.15) is 55.4 Å². The largest absolute Gasteiger partial charge is 0.363 e. The molecule has 23 heavy (non-hydrogen) atoms. The molecule has 3 N–H and O–H groups in total. The summed E-state index contributed by atoms with van der Waals surface area (Å²) < 4.78 is 2.26. The highest BCUT2D eigenvalue weighted by Gasteiger charge is 2.28. The molecule has 4 rings (SSSR count). The van der Waals surface area contributed by atoms with Gasteiger partial charge in [0, 0.05) is 36.7 Å². The Morgan fingerprint density at radius 3 is 2.96 bits per heavy atom. The molecule has 1 aliphatic heterocycles. The van der Waals surface area contributed by atoms with E-state index in [0.717, 1.165) is 49.0 Å². The summed E-state index contributed by atoms with van der Waals surface area (Å²) in [6, 6.07) is 2.37. The van der Waals surface area contributed by atoms with E-state index in [0.29, 0.717) is 18.5 Å². The zero-order chi connectivity index (χ0) is 15.6. The topological polar surface area (TPSA) is 94.5 Å². The Bertz CT molecular complexity index is 675. The first-order valence-electron chi connectivity index (χ1n) is 8.52. The molecule has 0 amide bonds. The van der Waals surface area contributed by atoms with E-state index in [1.807, 2.05) is 6.07 Å². The molecule has 0 radical (unpaired) electrons. The first kappa shape index (κ1) is 14.6. The minimum absolute atomic E-state index is 0.331. The van der Waals surface area contributed by atoms with Crippen molar-refractivity contribution in [3.8, 4) is 0 Å².